The Kier molecular flexibility index (Phi) is 4.98. The number of carbonyl (C=O) groups is 1. The van der Waals surface area contributed by atoms with Crippen LogP contribution < -0.4 is 10.5 Å². The summed E-state index contributed by atoms with van der Waals surface area (Å²) in [5.41, 5.74) is 5.44. The lowest BCUT2D eigenvalue weighted by Gasteiger charge is -2.20. The number of amides is 1. The number of nitrogens with two attached hydrogens (primary N) is 1. The van der Waals surface area contributed by atoms with Crippen molar-refractivity contribution in [1.29, 1.82) is 0 Å². The summed E-state index contributed by atoms with van der Waals surface area (Å²) in [4.78, 5) is 13.1. The number of para-hydroxylation sites is 1. The van der Waals surface area contributed by atoms with Gasteiger partial charge >= 0.3 is 6.09 Å². The normalized spacial score (nSPS) is 12.9. The van der Waals surface area contributed by atoms with Gasteiger partial charge in [0.25, 0.3) is 0 Å². The lowest BCUT2D eigenvalue weighted by molar-refractivity contribution is 0.160. The third kappa shape index (κ3) is 3.97. The highest BCUT2D eigenvalue weighted by atomic mass is 16.6. The zero-order valence-corrected chi connectivity index (χ0v) is 10.4. The Hall–Kier alpha value is -2.24. The summed E-state index contributed by atoms with van der Waals surface area (Å²) in [7, 11) is 1.59. The predicted molar refractivity (Wildman–Crippen MR) is 67.7 cm³/mol. The third-order valence-corrected chi connectivity index (χ3v) is 2.43. The molecule has 1 unspecified atom stereocenters. The van der Waals surface area contributed by atoms with E-state index in [2.05, 4.69) is 5.16 Å². The monoisotopic (exact) mass is 251 g/mol. The van der Waals surface area contributed by atoms with Crippen LogP contribution >= 0.6 is 0 Å². The van der Waals surface area contributed by atoms with Crippen molar-refractivity contribution in [2.45, 2.75) is 6.92 Å². The number of ether oxygens (including phenoxy) is 1. The molecule has 0 saturated heterocycles. The van der Waals surface area contributed by atoms with Crippen molar-refractivity contribution in [3.8, 4) is 5.75 Å². The molecule has 1 aromatic rings. The molecule has 6 heteroatoms. The van der Waals surface area contributed by atoms with Crippen LogP contribution in [0.2, 0.25) is 0 Å². The first-order valence-corrected chi connectivity index (χ1v) is 5.50. The van der Waals surface area contributed by atoms with Gasteiger partial charge in [-0.3, -0.25) is 0 Å². The van der Waals surface area contributed by atoms with Gasteiger partial charge in [-0.1, -0.05) is 30.3 Å². The van der Waals surface area contributed by atoms with Gasteiger partial charge in [0.2, 0.25) is 0 Å². The van der Waals surface area contributed by atoms with E-state index in [0.717, 1.165) is 0 Å². The van der Waals surface area contributed by atoms with E-state index in [9.17, 15) is 4.79 Å². The SMILES string of the molecule is CC(CN(C)C(=O)Oc1ccccc1)/C(N)=N/O. The molecular weight excluding hydrogens is 234 g/mol. The molecule has 1 amide bonds. The fourth-order valence-electron chi connectivity index (χ4n) is 1.34. The summed E-state index contributed by atoms with van der Waals surface area (Å²) in [6, 6.07) is 8.78. The Labute approximate surface area is 106 Å². The quantitative estimate of drug-likeness (QED) is 0.367. The molecule has 0 aliphatic rings. The van der Waals surface area contributed by atoms with E-state index in [1.807, 2.05) is 6.07 Å². The van der Waals surface area contributed by atoms with Crippen LogP contribution in [0.25, 0.3) is 0 Å². The molecule has 0 aromatic heterocycles. The summed E-state index contributed by atoms with van der Waals surface area (Å²) in [5, 5.41) is 11.4. The molecule has 0 bridgehead atoms. The first-order valence-electron chi connectivity index (χ1n) is 5.50. The summed E-state index contributed by atoms with van der Waals surface area (Å²) in [5.74, 6) is 0.309. The molecule has 0 fully saturated rings. The number of benzene rings is 1. The molecule has 3 N–H and O–H groups in total. The van der Waals surface area contributed by atoms with E-state index in [0.29, 0.717) is 12.3 Å². The zero-order valence-electron chi connectivity index (χ0n) is 10.4. The van der Waals surface area contributed by atoms with Gasteiger partial charge in [0, 0.05) is 19.5 Å². The lowest BCUT2D eigenvalue weighted by Crippen LogP contribution is -2.37. The van der Waals surface area contributed by atoms with E-state index in [1.165, 1.54) is 4.90 Å². The van der Waals surface area contributed by atoms with Gasteiger partial charge in [-0.05, 0) is 12.1 Å². The van der Waals surface area contributed by atoms with Crippen molar-refractivity contribution in [3.63, 3.8) is 0 Å². The molecule has 1 aromatic carbocycles. The van der Waals surface area contributed by atoms with Crippen LogP contribution in [0.15, 0.2) is 35.5 Å². The van der Waals surface area contributed by atoms with Gasteiger partial charge in [-0.25, -0.2) is 4.79 Å². The van der Waals surface area contributed by atoms with E-state index in [4.69, 9.17) is 15.7 Å². The van der Waals surface area contributed by atoms with Gasteiger partial charge in [0.05, 0.1) is 0 Å². The van der Waals surface area contributed by atoms with Gasteiger partial charge in [0.15, 0.2) is 0 Å². The second kappa shape index (κ2) is 6.48. The minimum absolute atomic E-state index is 0.0781. The number of hydrogen-bond acceptors (Lipinski definition) is 4. The molecule has 0 radical (unpaired) electrons. The lowest BCUT2D eigenvalue weighted by atomic mass is 10.1. The summed E-state index contributed by atoms with van der Waals surface area (Å²) >= 11 is 0. The first-order chi connectivity index (χ1) is 8.54. The number of oxime groups is 1. The van der Waals surface area contributed by atoms with E-state index >= 15 is 0 Å². The molecule has 18 heavy (non-hydrogen) atoms. The summed E-state index contributed by atoms with van der Waals surface area (Å²) < 4.78 is 5.13. The van der Waals surface area contributed by atoms with Gasteiger partial charge < -0.3 is 20.6 Å². The smallest absolute Gasteiger partial charge is 0.410 e. The van der Waals surface area contributed by atoms with E-state index in [-0.39, 0.29) is 11.8 Å². The Balaban J connectivity index is 2.52. The van der Waals surface area contributed by atoms with Gasteiger partial charge in [0.1, 0.15) is 11.6 Å². The number of rotatable bonds is 4. The Morgan fingerprint density at radius 3 is 2.67 bits per heavy atom. The Morgan fingerprint density at radius 1 is 1.50 bits per heavy atom. The molecule has 6 nitrogen and oxygen atoms in total. The molecule has 0 aliphatic carbocycles. The molecule has 1 atom stereocenters. The minimum atomic E-state index is -0.487. The predicted octanol–water partition coefficient (Wildman–Crippen LogP) is 1.50. The van der Waals surface area contributed by atoms with Crippen LogP contribution in [0.5, 0.6) is 5.75 Å². The topological polar surface area (TPSA) is 88.2 Å². The van der Waals surface area contributed by atoms with E-state index < -0.39 is 6.09 Å². The average Bonchev–Trinajstić information content (AvgIpc) is 2.38. The van der Waals surface area contributed by atoms with Crippen molar-refractivity contribution in [1.82, 2.24) is 4.90 Å². The van der Waals surface area contributed by atoms with Crippen LogP contribution in [0.1, 0.15) is 6.92 Å². The van der Waals surface area contributed by atoms with Crippen LogP contribution in [-0.2, 0) is 0 Å². The van der Waals surface area contributed by atoms with Gasteiger partial charge in [-0.2, -0.15) is 0 Å². The maximum absolute atomic E-state index is 11.7. The highest BCUT2D eigenvalue weighted by Gasteiger charge is 2.16. The van der Waals surface area contributed by atoms with Crippen molar-refractivity contribution >= 4 is 11.9 Å². The second-order valence-electron chi connectivity index (χ2n) is 3.99. The summed E-state index contributed by atoms with van der Waals surface area (Å²) in [6.07, 6.45) is -0.487. The number of nitrogens with zero attached hydrogens (tertiary/aromatic N) is 2. The zero-order chi connectivity index (χ0) is 13.5. The second-order valence-corrected chi connectivity index (χ2v) is 3.99. The molecule has 0 saturated carbocycles. The Bertz CT molecular complexity index is 420. The van der Waals surface area contributed by atoms with Crippen molar-refractivity contribution in [2.24, 2.45) is 16.8 Å². The summed E-state index contributed by atoms with van der Waals surface area (Å²) in [6.45, 7) is 2.06. The molecule has 0 heterocycles. The van der Waals surface area contributed by atoms with Crippen molar-refractivity contribution < 1.29 is 14.7 Å². The maximum Gasteiger partial charge on any atom is 0.414 e. The molecular formula is C12H17N3O3. The fraction of sp³-hybridized carbons (Fsp3) is 0.333. The molecule has 98 valence electrons. The highest BCUT2D eigenvalue weighted by Crippen LogP contribution is 2.10. The molecule has 0 spiro atoms. The Morgan fingerprint density at radius 2 is 2.11 bits per heavy atom. The fourth-order valence-corrected chi connectivity index (χ4v) is 1.34. The number of hydrogen-bond donors (Lipinski definition) is 2. The maximum atomic E-state index is 11.7. The van der Waals surface area contributed by atoms with Crippen molar-refractivity contribution in [3.05, 3.63) is 30.3 Å². The largest absolute Gasteiger partial charge is 0.414 e. The molecule has 0 aliphatic heterocycles. The highest BCUT2D eigenvalue weighted by molar-refractivity contribution is 5.82. The number of amidine groups is 1. The van der Waals surface area contributed by atoms with Crippen LogP contribution in [0.3, 0.4) is 0 Å². The van der Waals surface area contributed by atoms with Crippen LogP contribution in [-0.4, -0.2) is 35.6 Å². The minimum Gasteiger partial charge on any atom is -0.410 e. The van der Waals surface area contributed by atoms with Crippen molar-refractivity contribution in [2.75, 3.05) is 13.6 Å². The van der Waals surface area contributed by atoms with Crippen LogP contribution in [0.4, 0.5) is 4.79 Å². The van der Waals surface area contributed by atoms with Gasteiger partial charge in [-0.15, -0.1) is 0 Å². The number of carbonyl (C=O) groups excluding carboxylic acids is 1. The molecule has 1 rings (SSSR count). The van der Waals surface area contributed by atoms with E-state index in [1.54, 1.807) is 38.2 Å². The van der Waals surface area contributed by atoms with Crippen LogP contribution in [0, 0.1) is 5.92 Å². The average molecular weight is 251 g/mol. The third-order valence-electron chi connectivity index (χ3n) is 2.43. The standard InChI is InChI=1S/C12H17N3O3/c1-9(11(13)14-17)8-15(2)12(16)18-10-6-4-3-5-7-10/h3-7,9,17H,8H2,1-2H3,(H2,13,14). The first kappa shape index (κ1) is 13.8.